The number of nitro groups is 2. The fourth-order valence-corrected chi connectivity index (χ4v) is 2.17. The van der Waals surface area contributed by atoms with E-state index in [1.54, 1.807) is 13.0 Å². The smallest absolute Gasteiger partial charge is 0.258 e. The average Bonchev–Trinajstić information content (AvgIpc) is 2.46. The van der Waals surface area contributed by atoms with Crippen LogP contribution in [-0.2, 0) is 0 Å². The quantitative estimate of drug-likeness (QED) is 0.627. The van der Waals surface area contributed by atoms with Crippen molar-refractivity contribution in [2.45, 2.75) is 12.8 Å². The van der Waals surface area contributed by atoms with Crippen molar-refractivity contribution >= 4 is 11.4 Å². The van der Waals surface area contributed by atoms with Crippen molar-refractivity contribution in [2.24, 2.45) is 0 Å². The maximum Gasteiger partial charge on any atom is 0.349 e. The third kappa shape index (κ3) is 2.49. The van der Waals surface area contributed by atoms with Crippen molar-refractivity contribution in [3.63, 3.8) is 0 Å². The van der Waals surface area contributed by atoms with E-state index in [1.165, 1.54) is 6.07 Å². The molecular weight excluding hydrogens is 260 g/mol. The first kappa shape index (κ1) is 13.7. The first-order chi connectivity index (χ1) is 9.52. The van der Waals surface area contributed by atoms with Gasteiger partial charge in [0, 0.05) is 17.5 Å². The summed E-state index contributed by atoms with van der Waals surface area (Å²) in [6, 6.07) is 13.4. The van der Waals surface area contributed by atoms with Gasteiger partial charge in [0.05, 0.1) is 9.85 Å². The standard InChI is InChI=1S/C14H12N2O4/c1-10(11-6-3-2-4-7-11)12-8-5-9-13(15(17)18)14(12)16(19)20/h2-10H,1H3. The number of para-hydroxylation sites is 1. The Bertz CT molecular complexity index is 655. The van der Waals surface area contributed by atoms with E-state index >= 15 is 0 Å². The molecular formula is C14H12N2O4. The number of hydrogen-bond donors (Lipinski definition) is 0. The fraction of sp³-hybridized carbons (Fsp3) is 0.143. The van der Waals surface area contributed by atoms with Crippen LogP contribution in [0.2, 0.25) is 0 Å². The zero-order chi connectivity index (χ0) is 14.7. The molecule has 0 saturated carbocycles. The van der Waals surface area contributed by atoms with E-state index in [1.807, 2.05) is 30.3 Å². The van der Waals surface area contributed by atoms with Crippen molar-refractivity contribution in [2.75, 3.05) is 0 Å². The van der Waals surface area contributed by atoms with Crippen LogP contribution in [0.4, 0.5) is 11.4 Å². The Labute approximate surface area is 115 Å². The van der Waals surface area contributed by atoms with Crippen molar-refractivity contribution in [1.82, 2.24) is 0 Å². The van der Waals surface area contributed by atoms with Crippen LogP contribution in [-0.4, -0.2) is 9.85 Å². The third-order valence-corrected chi connectivity index (χ3v) is 3.19. The van der Waals surface area contributed by atoms with Gasteiger partial charge in [-0.15, -0.1) is 0 Å². The van der Waals surface area contributed by atoms with Gasteiger partial charge in [-0.25, -0.2) is 0 Å². The van der Waals surface area contributed by atoms with Crippen molar-refractivity contribution in [1.29, 1.82) is 0 Å². The maximum atomic E-state index is 11.2. The zero-order valence-corrected chi connectivity index (χ0v) is 10.7. The van der Waals surface area contributed by atoms with Crippen molar-refractivity contribution < 1.29 is 9.85 Å². The van der Waals surface area contributed by atoms with Gasteiger partial charge in [0.2, 0.25) is 0 Å². The molecule has 0 aliphatic heterocycles. The molecule has 20 heavy (non-hydrogen) atoms. The van der Waals surface area contributed by atoms with Crippen LogP contribution in [0, 0.1) is 20.2 Å². The minimum absolute atomic E-state index is 0.295. The number of benzene rings is 2. The molecule has 0 heterocycles. The molecule has 0 saturated heterocycles. The molecule has 2 rings (SSSR count). The summed E-state index contributed by atoms with van der Waals surface area (Å²) in [4.78, 5) is 20.7. The molecule has 0 spiro atoms. The summed E-state index contributed by atoms with van der Waals surface area (Å²) in [7, 11) is 0. The first-order valence-electron chi connectivity index (χ1n) is 5.99. The number of rotatable bonds is 4. The van der Waals surface area contributed by atoms with E-state index < -0.39 is 21.2 Å². The number of nitrogens with zero attached hydrogens (tertiary/aromatic N) is 2. The highest BCUT2D eigenvalue weighted by molar-refractivity contribution is 5.60. The number of hydrogen-bond acceptors (Lipinski definition) is 4. The highest BCUT2D eigenvalue weighted by atomic mass is 16.6. The second-order valence-corrected chi connectivity index (χ2v) is 4.36. The SMILES string of the molecule is CC(c1ccccc1)c1cccc([N+](=O)[O-])c1[N+](=O)[O-]. The van der Waals surface area contributed by atoms with Crippen LogP contribution in [0.15, 0.2) is 48.5 Å². The zero-order valence-electron chi connectivity index (χ0n) is 10.7. The second-order valence-electron chi connectivity index (χ2n) is 4.36. The minimum atomic E-state index is -0.723. The first-order valence-corrected chi connectivity index (χ1v) is 5.99. The molecule has 6 nitrogen and oxygen atoms in total. The Balaban J connectivity index is 2.60. The minimum Gasteiger partial charge on any atom is -0.258 e. The van der Waals surface area contributed by atoms with Gasteiger partial charge in [-0.05, 0) is 5.56 Å². The monoisotopic (exact) mass is 272 g/mol. The Morgan fingerprint density at radius 3 is 2.10 bits per heavy atom. The summed E-state index contributed by atoms with van der Waals surface area (Å²) in [6.07, 6.45) is 0. The lowest BCUT2D eigenvalue weighted by Crippen LogP contribution is -2.04. The van der Waals surface area contributed by atoms with Crippen LogP contribution in [0.25, 0.3) is 0 Å². The predicted octanol–water partition coefficient (Wildman–Crippen LogP) is 3.65. The Kier molecular flexibility index (Phi) is 3.74. The normalized spacial score (nSPS) is 11.8. The van der Waals surface area contributed by atoms with Crippen molar-refractivity contribution in [3.05, 3.63) is 79.9 Å². The molecule has 2 aromatic rings. The highest BCUT2D eigenvalue weighted by Crippen LogP contribution is 2.37. The van der Waals surface area contributed by atoms with E-state index in [0.717, 1.165) is 11.6 Å². The molecule has 0 aliphatic carbocycles. The van der Waals surface area contributed by atoms with Gasteiger partial charge in [0.1, 0.15) is 0 Å². The lowest BCUT2D eigenvalue weighted by Gasteiger charge is -2.12. The molecule has 2 aromatic carbocycles. The molecule has 1 unspecified atom stereocenters. The van der Waals surface area contributed by atoms with Gasteiger partial charge in [-0.1, -0.05) is 49.4 Å². The van der Waals surface area contributed by atoms with Crippen LogP contribution in [0.1, 0.15) is 24.0 Å². The van der Waals surface area contributed by atoms with E-state index in [0.29, 0.717) is 5.56 Å². The Morgan fingerprint density at radius 1 is 0.900 bits per heavy atom. The molecule has 0 N–H and O–H groups in total. The van der Waals surface area contributed by atoms with Gasteiger partial charge < -0.3 is 0 Å². The molecule has 102 valence electrons. The summed E-state index contributed by atoms with van der Waals surface area (Å²) in [6.45, 7) is 1.79. The van der Waals surface area contributed by atoms with E-state index in [4.69, 9.17) is 0 Å². The van der Waals surface area contributed by atoms with E-state index in [9.17, 15) is 20.2 Å². The molecule has 0 amide bonds. The lowest BCUT2D eigenvalue weighted by molar-refractivity contribution is -0.423. The third-order valence-electron chi connectivity index (χ3n) is 3.19. The number of nitro benzene ring substituents is 2. The molecule has 0 radical (unpaired) electrons. The molecule has 0 bridgehead atoms. The van der Waals surface area contributed by atoms with E-state index in [-0.39, 0.29) is 5.92 Å². The van der Waals surface area contributed by atoms with Crippen LogP contribution >= 0.6 is 0 Å². The second kappa shape index (κ2) is 5.48. The molecule has 0 aliphatic rings. The summed E-state index contributed by atoms with van der Waals surface area (Å²) in [5, 5.41) is 22.1. The molecule has 0 aromatic heterocycles. The van der Waals surface area contributed by atoms with Crippen LogP contribution < -0.4 is 0 Å². The topological polar surface area (TPSA) is 86.3 Å². The van der Waals surface area contributed by atoms with Gasteiger partial charge >= 0.3 is 11.4 Å². The average molecular weight is 272 g/mol. The summed E-state index contributed by atoms with van der Waals surface area (Å²) < 4.78 is 0. The van der Waals surface area contributed by atoms with Crippen LogP contribution in [0.3, 0.4) is 0 Å². The summed E-state index contributed by atoms with van der Waals surface area (Å²) >= 11 is 0. The summed E-state index contributed by atoms with van der Waals surface area (Å²) in [5.41, 5.74) is 0.302. The van der Waals surface area contributed by atoms with Crippen molar-refractivity contribution in [3.8, 4) is 0 Å². The summed E-state index contributed by atoms with van der Waals surface area (Å²) in [5.74, 6) is -0.295. The predicted molar refractivity (Wildman–Crippen MR) is 73.7 cm³/mol. The Morgan fingerprint density at radius 2 is 1.55 bits per heavy atom. The van der Waals surface area contributed by atoms with E-state index in [2.05, 4.69) is 0 Å². The van der Waals surface area contributed by atoms with Gasteiger partial charge in [0.15, 0.2) is 0 Å². The van der Waals surface area contributed by atoms with Crippen LogP contribution in [0.5, 0.6) is 0 Å². The molecule has 6 heteroatoms. The lowest BCUT2D eigenvalue weighted by atomic mass is 9.91. The fourth-order valence-electron chi connectivity index (χ4n) is 2.17. The molecule has 0 fully saturated rings. The van der Waals surface area contributed by atoms with Gasteiger partial charge in [0.25, 0.3) is 0 Å². The van der Waals surface area contributed by atoms with Gasteiger partial charge in [-0.3, -0.25) is 20.2 Å². The highest BCUT2D eigenvalue weighted by Gasteiger charge is 2.30. The molecule has 1 atom stereocenters. The Hall–Kier alpha value is -2.76. The largest absolute Gasteiger partial charge is 0.349 e. The van der Waals surface area contributed by atoms with Gasteiger partial charge in [-0.2, -0.15) is 0 Å². The maximum absolute atomic E-state index is 11.2.